The summed E-state index contributed by atoms with van der Waals surface area (Å²) in [5.41, 5.74) is 2.02. The van der Waals surface area contributed by atoms with Gasteiger partial charge in [0.25, 0.3) is 0 Å². The maximum Gasteiger partial charge on any atom is 0.239 e. The van der Waals surface area contributed by atoms with Gasteiger partial charge in [-0.15, -0.1) is 10.2 Å². The second-order valence-electron chi connectivity index (χ2n) is 8.31. The van der Waals surface area contributed by atoms with Crippen molar-refractivity contribution in [2.24, 2.45) is 0 Å². The minimum absolute atomic E-state index is 0.0708. The highest BCUT2D eigenvalue weighted by Gasteiger charge is 2.25. The third kappa shape index (κ3) is 4.33. The quantitative estimate of drug-likeness (QED) is 0.382. The van der Waals surface area contributed by atoms with E-state index < -0.39 is 0 Å². The number of hydrogen-bond acceptors (Lipinski definition) is 7. The SMILES string of the molecule is Cc1cccc(-c2nnc(S[C@H](C)c3nc(C(C)(C)C)no3)n2Cc2ccco2)c1. The van der Waals surface area contributed by atoms with Crippen LogP contribution in [0.2, 0.25) is 0 Å². The second-order valence-corrected chi connectivity index (χ2v) is 9.62. The lowest BCUT2D eigenvalue weighted by Crippen LogP contribution is -2.13. The van der Waals surface area contributed by atoms with Crippen LogP contribution in [0, 0.1) is 6.92 Å². The zero-order valence-electron chi connectivity index (χ0n) is 17.8. The zero-order chi connectivity index (χ0) is 21.3. The molecule has 1 atom stereocenters. The molecule has 0 N–H and O–H groups in total. The Hall–Kier alpha value is -2.87. The highest BCUT2D eigenvalue weighted by atomic mass is 32.2. The van der Waals surface area contributed by atoms with Crippen LogP contribution in [0.25, 0.3) is 11.4 Å². The van der Waals surface area contributed by atoms with Crippen molar-refractivity contribution in [2.45, 2.75) is 57.0 Å². The average molecular weight is 424 g/mol. The van der Waals surface area contributed by atoms with E-state index in [0.29, 0.717) is 18.3 Å². The van der Waals surface area contributed by atoms with E-state index in [1.807, 2.05) is 31.2 Å². The molecule has 0 aliphatic carbocycles. The van der Waals surface area contributed by atoms with Crippen LogP contribution in [-0.2, 0) is 12.0 Å². The Labute approximate surface area is 179 Å². The number of aryl methyl sites for hydroxylation is 1. The van der Waals surface area contributed by atoms with Crippen LogP contribution >= 0.6 is 11.8 Å². The van der Waals surface area contributed by atoms with Gasteiger partial charge in [0.2, 0.25) is 5.89 Å². The van der Waals surface area contributed by atoms with Gasteiger partial charge < -0.3 is 8.94 Å². The van der Waals surface area contributed by atoms with Gasteiger partial charge in [-0.25, -0.2) is 0 Å². The molecule has 4 aromatic rings. The summed E-state index contributed by atoms with van der Waals surface area (Å²) in [6.07, 6.45) is 1.67. The van der Waals surface area contributed by atoms with Crippen molar-refractivity contribution in [3.63, 3.8) is 0 Å². The van der Waals surface area contributed by atoms with Crippen LogP contribution in [0.15, 0.2) is 56.8 Å². The fraction of sp³-hybridized carbons (Fsp3) is 0.364. The highest BCUT2D eigenvalue weighted by molar-refractivity contribution is 7.99. The molecular formula is C22H25N5O2S. The van der Waals surface area contributed by atoms with Crippen LogP contribution < -0.4 is 0 Å². The summed E-state index contributed by atoms with van der Waals surface area (Å²) in [6.45, 7) is 10.8. The normalized spacial score (nSPS) is 13.0. The number of nitrogens with zero attached hydrogens (tertiary/aromatic N) is 5. The molecule has 0 radical (unpaired) electrons. The number of aromatic nitrogens is 5. The Morgan fingerprint density at radius 2 is 1.97 bits per heavy atom. The van der Waals surface area contributed by atoms with Gasteiger partial charge in [0, 0.05) is 11.0 Å². The van der Waals surface area contributed by atoms with E-state index in [1.54, 1.807) is 18.0 Å². The molecule has 0 fully saturated rings. The lowest BCUT2D eigenvalue weighted by molar-refractivity contribution is 0.364. The molecule has 7 nitrogen and oxygen atoms in total. The zero-order valence-corrected chi connectivity index (χ0v) is 18.6. The molecule has 0 amide bonds. The van der Waals surface area contributed by atoms with Gasteiger partial charge in [-0.1, -0.05) is 61.5 Å². The predicted octanol–water partition coefficient (Wildman–Crippen LogP) is 5.43. The fourth-order valence-corrected chi connectivity index (χ4v) is 3.87. The first-order chi connectivity index (χ1) is 14.3. The van der Waals surface area contributed by atoms with Gasteiger partial charge in [-0.2, -0.15) is 4.98 Å². The second kappa shape index (κ2) is 8.10. The average Bonchev–Trinajstić information content (AvgIpc) is 3.43. The molecule has 0 spiro atoms. The first-order valence-corrected chi connectivity index (χ1v) is 10.7. The summed E-state index contributed by atoms with van der Waals surface area (Å²) >= 11 is 1.54. The van der Waals surface area contributed by atoms with Crippen molar-refractivity contribution >= 4 is 11.8 Å². The number of hydrogen-bond donors (Lipinski definition) is 0. The topological polar surface area (TPSA) is 82.8 Å². The highest BCUT2D eigenvalue weighted by Crippen LogP contribution is 2.36. The molecule has 0 aliphatic heterocycles. The molecule has 0 bridgehead atoms. The van der Waals surface area contributed by atoms with E-state index in [1.165, 1.54) is 5.56 Å². The van der Waals surface area contributed by atoms with E-state index in [9.17, 15) is 0 Å². The maximum atomic E-state index is 5.58. The Morgan fingerprint density at radius 3 is 2.63 bits per heavy atom. The number of benzene rings is 1. The first kappa shape index (κ1) is 20.4. The van der Waals surface area contributed by atoms with E-state index in [0.717, 1.165) is 22.3 Å². The molecule has 4 rings (SSSR count). The summed E-state index contributed by atoms with van der Waals surface area (Å²) in [4.78, 5) is 4.58. The number of rotatable bonds is 6. The molecular weight excluding hydrogens is 398 g/mol. The van der Waals surface area contributed by atoms with E-state index in [2.05, 4.69) is 64.7 Å². The Kier molecular flexibility index (Phi) is 5.51. The fourth-order valence-electron chi connectivity index (χ4n) is 2.99. The molecule has 8 heteroatoms. The van der Waals surface area contributed by atoms with Gasteiger partial charge >= 0.3 is 0 Å². The van der Waals surface area contributed by atoms with E-state index in [4.69, 9.17) is 8.94 Å². The molecule has 0 saturated carbocycles. The Bertz CT molecular complexity index is 1120. The van der Waals surface area contributed by atoms with Crippen LogP contribution in [0.4, 0.5) is 0 Å². The van der Waals surface area contributed by atoms with Gasteiger partial charge in [0.1, 0.15) is 5.76 Å². The van der Waals surface area contributed by atoms with Crippen molar-refractivity contribution in [2.75, 3.05) is 0 Å². The van der Waals surface area contributed by atoms with Crippen LogP contribution in [0.1, 0.15) is 56.0 Å². The third-order valence-corrected chi connectivity index (χ3v) is 5.70. The van der Waals surface area contributed by atoms with Gasteiger partial charge in [0.05, 0.1) is 18.1 Å². The summed E-state index contributed by atoms with van der Waals surface area (Å²) in [5.74, 6) is 2.91. The largest absolute Gasteiger partial charge is 0.467 e. The lowest BCUT2D eigenvalue weighted by Gasteiger charge is -2.12. The lowest BCUT2D eigenvalue weighted by atomic mass is 9.96. The van der Waals surface area contributed by atoms with Gasteiger partial charge in [0.15, 0.2) is 16.8 Å². The minimum Gasteiger partial charge on any atom is -0.467 e. The van der Waals surface area contributed by atoms with Crippen molar-refractivity contribution in [3.05, 3.63) is 65.7 Å². The molecule has 0 unspecified atom stereocenters. The molecule has 3 heterocycles. The Morgan fingerprint density at radius 1 is 1.13 bits per heavy atom. The summed E-state index contributed by atoms with van der Waals surface area (Å²) < 4.78 is 13.2. The first-order valence-electron chi connectivity index (χ1n) is 9.84. The van der Waals surface area contributed by atoms with Crippen LogP contribution in [0.5, 0.6) is 0 Å². The van der Waals surface area contributed by atoms with E-state index in [-0.39, 0.29) is 10.7 Å². The molecule has 0 saturated heterocycles. The van der Waals surface area contributed by atoms with E-state index >= 15 is 0 Å². The number of furan rings is 1. The smallest absolute Gasteiger partial charge is 0.239 e. The van der Waals surface area contributed by atoms with Crippen molar-refractivity contribution in [1.82, 2.24) is 24.9 Å². The predicted molar refractivity (Wildman–Crippen MR) is 115 cm³/mol. The molecule has 1 aromatic carbocycles. The van der Waals surface area contributed by atoms with Crippen LogP contribution in [-0.4, -0.2) is 24.9 Å². The Balaban J connectivity index is 1.66. The van der Waals surface area contributed by atoms with Crippen molar-refractivity contribution < 1.29 is 8.94 Å². The molecule has 30 heavy (non-hydrogen) atoms. The monoisotopic (exact) mass is 423 g/mol. The maximum absolute atomic E-state index is 5.58. The summed E-state index contributed by atoms with van der Waals surface area (Å²) in [7, 11) is 0. The molecule has 156 valence electrons. The third-order valence-electron chi connectivity index (χ3n) is 4.63. The van der Waals surface area contributed by atoms with Crippen molar-refractivity contribution in [1.29, 1.82) is 0 Å². The standard InChI is InChI=1S/C22H25N5O2S/c1-14-8-6-9-16(12-14)18-24-25-21(27(18)13-17-10-7-11-28-17)30-15(2)19-23-20(26-29-19)22(3,4)5/h6-12,15H,13H2,1-5H3/t15-/m1/s1. The van der Waals surface area contributed by atoms with Gasteiger partial charge in [-0.3, -0.25) is 4.57 Å². The molecule has 3 aromatic heterocycles. The summed E-state index contributed by atoms with van der Waals surface area (Å²) in [5, 5.41) is 13.8. The number of thioether (sulfide) groups is 1. The van der Waals surface area contributed by atoms with Gasteiger partial charge in [-0.05, 0) is 32.0 Å². The van der Waals surface area contributed by atoms with Crippen molar-refractivity contribution in [3.8, 4) is 11.4 Å². The minimum atomic E-state index is -0.163. The summed E-state index contributed by atoms with van der Waals surface area (Å²) in [6, 6.07) is 12.1. The molecule has 0 aliphatic rings. The van der Waals surface area contributed by atoms with Crippen LogP contribution in [0.3, 0.4) is 0 Å².